The zero-order valence-electron chi connectivity index (χ0n) is 10.5. The van der Waals surface area contributed by atoms with E-state index in [1.165, 1.54) is 6.07 Å². The summed E-state index contributed by atoms with van der Waals surface area (Å²) in [6.45, 7) is 4.94. The molecule has 6 heteroatoms. The first-order valence-electron chi connectivity index (χ1n) is 5.87. The van der Waals surface area contributed by atoms with Crippen molar-refractivity contribution >= 4 is 11.4 Å². The zero-order valence-corrected chi connectivity index (χ0v) is 10.5. The topological polar surface area (TPSA) is 49.6 Å². The highest BCUT2D eigenvalue weighted by molar-refractivity contribution is 5.58. The predicted molar refractivity (Wildman–Crippen MR) is 67.5 cm³/mol. The standard InChI is InChI=1S/C12H16FN3O2/c1-9-7-10(16(17)18)8-11(13)12(9)15-5-3-14(2)4-6-15/h7-8H,3-6H2,1-2H3. The van der Waals surface area contributed by atoms with Gasteiger partial charge < -0.3 is 9.80 Å². The Morgan fingerprint density at radius 3 is 2.39 bits per heavy atom. The second-order valence-corrected chi connectivity index (χ2v) is 4.64. The number of hydrogen-bond donors (Lipinski definition) is 0. The van der Waals surface area contributed by atoms with Crippen molar-refractivity contribution in [3.8, 4) is 0 Å². The van der Waals surface area contributed by atoms with E-state index in [4.69, 9.17) is 0 Å². The molecule has 0 unspecified atom stereocenters. The second-order valence-electron chi connectivity index (χ2n) is 4.64. The van der Waals surface area contributed by atoms with Gasteiger partial charge in [-0.15, -0.1) is 0 Å². The number of nitrogens with zero attached hydrogens (tertiary/aromatic N) is 3. The highest BCUT2D eigenvalue weighted by Gasteiger charge is 2.21. The van der Waals surface area contributed by atoms with Crippen molar-refractivity contribution in [2.45, 2.75) is 6.92 Å². The molecule has 5 nitrogen and oxygen atoms in total. The molecule has 0 spiro atoms. The van der Waals surface area contributed by atoms with Crippen LogP contribution in [-0.4, -0.2) is 43.0 Å². The Balaban J connectivity index is 2.31. The molecule has 2 rings (SSSR count). The minimum atomic E-state index is -0.566. The first-order valence-corrected chi connectivity index (χ1v) is 5.87. The van der Waals surface area contributed by atoms with Crippen molar-refractivity contribution in [2.24, 2.45) is 0 Å². The molecule has 0 atom stereocenters. The fraction of sp³-hybridized carbons (Fsp3) is 0.500. The molecule has 0 bridgehead atoms. The average Bonchev–Trinajstić information content (AvgIpc) is 2.30. The second kappa shape index (κ2) is 4.89. The van der Waals surface area contributed by atoms with Crippen LogP contribution in [-0.2, 0) is 0 Å². The zero-order chi connectivity index (χ0) is 13.3. The van der Waals surface area contributed by atoms with Crippen LogP contribution in [0.5, 0.6) is 0 Å². The van der Waals surface area contributed by atoms with Crippen LogP contribution in [0.3, 0.4) is 0 Å². The summed E-state index contributed by atoms with van der Waals surface area (Å²) < 4.78 is 14.0. The normalized spacial score (nSPS) is 16.9. The van der Waals surface area contributed by atoms with Crippen LogP contribution in [0.2, 0.25) is 0 Å². The molecule has 0 saturated carbocycles. The van der Waals surface area contributed by atoms with E-state index in [9.17, 15) is 14.5 Å². The van der Waals surface area contributed by atoms with Gasteiger partial charge in [-0.3, -0.25) is 10.1 Å². The maximum atomic E-state index is 14.0. The number of benzene rings is 1. The van der Waals surface area contributed by atoms with Gasteiger partial charge in [0.25, 0.3) is 5.69 Å². The van der Waals surface area contributed by atoms with Crippen LogP contribution in [0, 0.1) is 22.9 Å². The highest BCUT2D eigenvalue weighted by atomic mass is 19.1. The molecule has 98 valence electrons. The molecule has 0 N–H and O–H groups in total. The number of non-ortho nitro benzene ring substituents is 1. The van der Waals surface area contributed by atoms with Gasteiger partial charge in [-0.25, -0.2) is 4.39 Å². The summed E-state index contributed by atoms with van der Waals surface area (Å²) in [6, 6.07) is 2.43. The molecule has 0 aromatic heterocycles. The minimum absolute atomic E-state index is 0.192. The lowest BCUT2D eigenvalue weighted by atomic mass is 10.1. The molecular weight excluding hydrogens is 237 g/mol. The van der Waals surface area contributed by atoms with Gasteiger partial charge in [-0.2, -0.15) is 0 Å². The first-order chi connectivity index (χ1) is 8.49. The average molecular weight is 253 g/mol. The SMILES string of the molecule is Cc1cc([N+](=O)[O-])cc(F)c1N1CCN(C)CC1. The molecule has 1 aromatic carbocycles. The highest BCUT2D eigenvalue weighted by Crippen LogP contribution is 2.29. The number of aryl methyl sites for hydroxylation is 1. The Kier molecular flexibility index (Phi) is 3.47. The number of hydrogen-bond acceptors (Lipinski definition) is 4. The quantitative estimate of drug-likeness (QED) is 0.595. The molecule has 1 saturated heterocycles. The molecule has 1 aliphatic heterocycles. The van der Waals surface area contributed by atoms with Crippen molar-refractivity contribution in [1.82, 2.24) is 4.90 Å². The van der Waals surface area contributed by atoms with Crippen molar-refractivity contribution in [2.75, 3.05) is 38.1 Å². The Labute approximate surface area is 105 Å². The summed E-state index contributed by atoms with van der Waals surface area (Å²) in [7, 11) is 2.02. The van der Waals surface area contributed by atoms with Crippen molar-refractivity contribution < 1.29 is 9.31 Å². The maximum Gasteiger partial charge on any atom is 0.272 e. The predicted octanol–water partition coefficient (Wildman–Crippen LogP) is 1.79. The number of likely N-dealkylation sites (N-methyl/N-ethyl adjacent to an activating group) is 1. The van der Waals surface area contributed by atoms with E-state index in [0.29, 0.717) is 11.3 Å². The maximum absolute atomic E-state index is 14.0. The van der Waals surface area contributed by atoms with Gasteiger partial charge in [0.2, 0.25) is 0 Å². The summed E-state index contributed by atoms with van der Waals surface area (Å²) in [6.07, 6.45) is 0. The van der Waals surface area contributed by atoms with Crippen LogP contribution in [0.15, 0.2) is 12.1 Å². The lowest BCUT2D eigenvalue weighted by Gasteiger charge is -2.34. The summed E-state index contributed by atoms with van der Waals surface area (Å²) in [5, 5.41) is 10.7. The number of nitro groups is 1. The lowest BCUT2D eigenvalue weighted by Crippen LogP contribution is -2.45. The number of piperazine rings is 1. The van der Waals surface area contributed by atoms with Gasteiger partial charge in [0.05, 0.1) is 16.7 Å². The van der Waals surface area contributed by atoms with Gasteiger partial charge in [0, 0.05) is 32.2 Å². The molecule has 1 heterocycles. The van der Waals surface area contributed by atoms with E-state index in [2.05, 4.69) is 4.90 Å². The third-order valence-electron chi connectivity index (χ3n) is 3.27. The fourth-order valence-electron chi connectivity index (χ4n) is 2.25. The fourth-order valence-corrected chi connectivity index (χ4v) is 2.25. The van der Waals surface area contributed by atoms with E-state index < -0.39 is 10.7 Å². The smallest absolute Gasteiger partial charge is 0.272 e. The largest absolute Gasteiger partial charge is 0.366 e. The van der Waals surface area contributed by atoms with E-state index in [-0.39, 0.29) is 5.69 Å². The number of nitro benzene ring substituents is 1. The van der Waals surface area contributed by atoms with Crippen LogP contribution in [0.1, 0.15) is 5.56 Å². The summed E-state index contributed by atoms with van der Waals surface area (Å²) in [5.41, 5.74) is 0.919. The Hall–Kier alpha value is -1.69. The van der Waals surface area contributed by atoms with Crippen LogP contribution in [0.4, 0.5) is 15.8 Å². The van der Waals surface area contributed by atoms with Gasteiger partial charge in [-0.1, -0.05) is 0 Å². The lowest BCUT2D eigenvalue weighted by molar-refractivity contribution is -0.385. The van der Waals surface area contributed by atoms with E-state index in [0.717, 1.165) is 32.2 Å². The molecule has 1 aliphatic rings. The van der Waals surface area contributed by atoms with Gasteiger partial charge in [0.1, 0.15) is 0 Å². The summed E-state index contributed by atoms with van der Waals surface area (Å²) in [4.78, 5) is 14.2. The Bertz CT molecular complexity index is 447. The number of anilines is 1. The van der Waals surface area contributed by atoms with Gasteiger partial charge in [-0.05, 0) is 19.5 Å². The number of halogens is 1. The van der Waals surface area contributed by atoms with Crippen molar-refractivity contribution in [3.05, 3.63) is 33.6 Å². The Morgan fingerprint density at radius 2 is 1.89 bits per heavy atom. The van der Waals surface area contributed by atoms with Gasteiger partial charge >= 0.3 is 0 Å². The van der Waals surface area contributed by atoms with Gasteiger partial charge in [0.15, 0.2) is 5.82 Å². The van der Waals surface area contributed by atoms with Crippen LogP contribution >= 0.6 is 0 Å². The first kappa shape index (κ1) is 12.8. The number of rotatable bonds is 2. The molecule has 0 amide bonds. The molecule has 1 fully saturated rings. The molecule has 0 aliphatic carbocycles. The van der Waals surface area contributed by atoms with Crippen molar-refractivity contribution in [3.63, 3.8) is 0 Å². The van der Waals surface area contributed by atoms with E-state index >= 15 is 0 Å². The monoisotopic (exact) mass is 253 g/mol. The molecule has 18 heavy (non-hydrogen) atoms. The van der Waals surface area contributed by atoms with E-state index in [1.54, 1.807) is 6.92 Å². The Morgan fingerprint density at radius 1 is 1.28 bits per heavy atom. The van der Waals surface area contributed by atoms with E-state index in [1.807, 2.05) is 11.9 Å². The minimum Gasteiger partial charge on any atom is -0.366 e. The van der Waals surface area contributed by atoms with Crippen molar-refractivity contribution in [1.29, 1.82) is 0 Å². The third kappa shape index (κ3) is 2.43. The summed E-state index contributed by atoms with van der Waals surface area (Å²) in [5.74, 6) is -0.508. The molecular formula is C12H16FN3O2. The molecule has 0 radical (unpaired) electrons. The summed E-state index contributed by atoms with van der Waals surface area (Å²) >= 11 is 0. The van der Waals surface area contributed by atoms with Crippen LogP contribution < -0.4 is 4.90 Å². The third-order valence-corrected chi connectivity index (χ3v) is 3.27. The molecule has 1 aromatic rings. The van der Waals surface area contributed by atoms with Crippen LogP contribution in [0.25, 0.3) is 0 Å².